The van der Waals surface area contributed by atoms with Crippen LogP contribution < -0.4 is 5.32 Å². The third kappa shape index (κ3) is 4.35. The number of amides is 3. The van der Waals surface area contributed by atoms with Gasteiger partial charge in [0.15, 0.2) is 6.61 Å². The van der Waals surface area contributed by atoms with Gasteiger partial charge in [-0.25, -0.2) is 0 Å². The minimum Gasteiger partial charge on any atom is -0.456 e. The van der Waals surface area contributed by atoms with Crippen LogP contribution >= 0.6 is 11.6 Å². The molecule has 28 heavy (non-hydrogen) atoms. The summed E-state index contributed by atoms with van der Waals surface area (Å²) in [7, 11) is 0. The van der Waals surface area contributed by atoms with Crippen molar-refractivity contribution in [2.45, 2.75) is 39.0 Å². The largest absolute Gasteiger partial charge is 0.456 e. The van der Waals surface area contributed by atoms with Gasteiger partial charge in [-0.1, -0.05) is 30.5 Å². The van der Waals surface area contributed by atoms with E-state index in [-0.39, 0.29) is 36.6 Å². The molecule has 1 aromatic carbocycles. The Morgan fingerprint density at radius 2 is 1.82 bits per heavy atom. The molecule has 1 aliphatic heterocycles. The Bertz CT molecular complexity index is 786. The SMILES string of the molecule is Cc1c(Cl)cccc1NC(=O)COC(=O)CCN1C(=O)[C@@H]2CCCC[C@H]2C1=O. The number of esters is 1. The van der Waals surface area contributed by atoms with Crippen LogP contribution in [0, 0.1) is 18.8 Å². The Morgan fingerprint density at radius 3 is 2.46 bits per heavy atom. The monoisotopic (exact) mass is 406 g/mol. The number of fused-ring (bicyclic) bond motifs is 1. The summed E-state index contributed by atoms with van der Waals surface area (Å²) in [5, 5.41) is 3.16. The van der Waals surface area contributed by atoms with E-state index in [0.717, 1.165) is 31.2 Å². The summed E-state index contributed by atoms with van der Waals surface area (Å²) in [5.41, 5.74) is 1.26. The van der Waals surface area contributed by atoms with Gasteiger partial charge in [-0.05, 0) is 37.5 Å². The lowest BCUT2D eigenvalue weighted by Gasteiger charge is -2.19. The molecule has 0 unspecified atom stereocenters. The van der Waals surface area contributed by atoms with E-state index < -0.39 is 18.5 Å². The fourth-order valence-electron chi connectivity index (χ4n) is 3.80. The van der Waals surface area contributed by atoms with E-state index in [4.69, 9.17) is 16.3 Å². The number of imide groups is 1. The lowest BCUT2D eigenvalue weighted by molar-refractivity contribution is -0.148. The zero-order valence-electron chi connectivity index (χ0n) is 15.7. The van der Waals surface area contributed by atoms with Crippen LogP contribution in [0.4, 0.5) is 5.69 Å². The van der Waals surface area contributed by atoms with E-state index in [1.807, 2.05) is 0 Å². The van der Waals surface area contributed by atoms with Gasteiger partial charge in [0.25, 0.3) is 5.91 Å². The molecule has 0 bridgehead atoms. The normalized spacial score (nSPS) is 21.4. The number of anilines is 1. The van der Waals surface area contributed by atoms with E-state index >= 15 is 0 Å². The molecule has 1 heterocycles. The molecule has 1 aromatic rings. The van der Waals surface area contributed by atoms with Crippen LogP contribution in [0.25, 0.3) is 0 Å². The summed E-state index contributed by atoms with van der Waals surface area (Å²) in [4.78, 5) is 49.8. The fourth-order valence-corrected chi connectivity index (χ4v) is 3.98. The molecule has 150 valence electrons. The minimum atomic E-state index is -0.631. The number of halogens is 1. The molecule has 3 amide bonds. The van der Waals surface area contributed by atoms with Crippen LogP contribution in [-0.2, 0) is 23.9 Å². The summed E-state index contributed by atoms with van der Waals surface area (Å²) in [6, 6.07) is 5.12. The van der Waals surface area contributed by atoms with Gasteiger partial charge in [-0.2, -0.15) is 0 Å². The molecular weight excluding hydrogens is 384 g/mol. The Morgan fingerprint density at radius 1 is 1.18 bits per heavy atom. The van der Waals surface area contributed by atoms with Gasteiger partial charge >= 0.3 is 5.97 Å². The maximum Gasteiger partial charge on any atom is 0.308 e. The highest BCUT2D eigenvalue weighted by Gasteiger charge is 2.47. The van der Waals surface area contributed by atoms with Crippen molar-refractivity contribution in [3.8, 4) is 0 Å². The maximum atomic E-state index is 12.4. The van der Waals surface area contributed by atoms with Crippen molar-refractivity contribution in [2.75, 3.05) is 18.5 Å². The number of likely N-dealkylation sites (tertiary alicyclic amines) is 1. The highest BCUT2D eigenvalue weighted by molar-refractivity contribution is 6.31. The van der Waals surface area contributed by atoms with Crippen molar-refractivity contribution in [2.24, 2.45) is 11.8 Å². The third-order valence-corrected chi connectivity index (χ3v) is 5.79. The van der Waals surface area contributed by atoms with Gasteiger partial charge in [0.2, 0.25) is 11.8 Å². The number of carbonyl (C=O) groups excluding carboxylic acids is 4. The molecule has 2 aliphatic rings. The van der Waals surface area contributed by atoms with Crippen molar-refractivity contribution in [3.63, 3.8) is 0 Å². The average Bonchev–Trinajstić information content (AvgIpc) is 2.93. The van der Waals surface area contributed by atoms with Crippen LogP contribution in [0.3, 0.4) is 0 Å². The van der Waals surface area contributed by atoms with Gasteiger partial charge < -0.3 is 10.1 Å². The summed E-state index contributed by atoms with van der Waals surface area (Å²) < 4.78 is 4.96. The number of ether oxygens (including phenoxy) is 1. The molecule has 1 aliphatic carbocycles. The van der Waals surface area contributed by atoms with Crippen LogP contribution in [0.15, 0.2) is 18.2 Å². The molecule has 0 aromatic heterocycles. The first-order valence-corrected chi connectivity index (χ1v) is 9.82. The number of rotatable bonds is 6. The second kappa shape index (κ2) is 8.73. The fraction of sp³-hybridized carbons (Fsp3) is 0.500. The van der Waals surface area contributed by atoms with Crippen LogP contribution in [0.1, 0.15) is 37.7 Å². The van der Waals surface area contributed by atoms with Crippen LogP contribution in [0.5, 0.6) is 0 Å². The Labute approximate surface area is 168 Å². The summed E-state index contributed by atoms with van der Waals surface area (Å²) in [6.07, 6.45) is 3.26. The molecule has 0 radical (unpaired) electrons. The van der Waals surface area contributed by atoms with Crippen LogP contribution in [0.2, 0.25) is 5.02 Å². The smallest absolute Gasteiger partial charge is 0.308 e. The first kappa shape index (κ1) is 20.3. The number of nitrogens with one attached hydrogen (secondary N) is 1. The predicted octanol–water partition coefficient (Wildman–Crippen LogP) is 2.70. The molecular formula is C20H23ClN2O5. The Kier molecular flexibility index (Phi) is 6.34. The first-order valence-electron chi connectivity index (χ1n) is 9.44. The molecule has 1 saturated carbocycles. The van der Waals surface area contributed by atoms with Crippen molar-refractivity contribution in [3.05, 3.63) is 28.8 Å². The molecule has 2 fully saturated rings. The second-order valence-corrected chi connectivity index (χ2v) is 7.60. The second-order valence-electron chi connectivity index (χ2n) is 7.20. The van der Waals surface area contributed by atoms with E-state index in [0.29, 0.717) is 10.7 Å². The highest BCUT2D eigenvalue weighted by Crippen LogP contribution is 2.37. The lowest BCUT2D eigenvalue weighted by Crippen LogP contribution is -2.33. The van der Waals surface area contributed by atoms with Gasteiger partial charge in [0.1, 0.15) is 0 Å². The molecule has 8 heteroatoms. The molecule has 7 nitrogen and oxygen atoms in total. The van der Waals surface area contributed by atoms with Gasteiger partial charge in [0.05, 0.1) is 18.3 Å². The average molecular weight is 407 g/mol. The summed E-state index contributed by atoms with van der Waals surface area (Å²) >= 11 is 6.00. The lowest BCUT2D eigenvalue weighted by atomic mass is 9.81. The predicted molar refractivity (Wildman–Crippen MR) is 103 cm³/mol. The van der Waals surface area contributed by atoms with Gasteiger partial charge in [-0.15, -0.1) is 0 Å². The molecule has 0 spiro atoms. The van der Waals surface area contributed by atoms with Crippen molar-refractivity contribution in [1.82, 2.24) is 4.90 Å². The zero-order chi connectivity index (χ0) is 20.3. The Hall–Kier alpha value is -2.41. The standard InChI is InChI=1S/C20H23ClN2O5/c1-12-15(21)7-4-8-16(12)22-17(24)11-28-18(25)9-10-23-19(26)13-5-2-3-6-14(13)20(23)27/h4,7-8,13-14H,2-3,5-6,9-11H2,1H3,(H,22,24)/t13-,14-/m1/s1. The number of benzene rings is 1. The number of hydrogen-bond donors (Lipinski definition) is 1. The molecule has 1 N–H and O–H groups in total. The number of carbonyl (C=O) groups is 4. The Balaban J connectivity index is 1.44. The van der Waals surface area contributed by atoms with Gasteiger partial charge in [0, 0.05) is 17.3 Å². The van der Waals surface area contributed by atoms with Crippen LogP contribution in [-0.4, -0.2) is 41.7 Å². The van der Waals surface area contributed by atoms with Crippen molar-refractivity contribution >= 4 is 41.0 Å². The molecule has 3 rings (SSSR count). The highest BCUT2D eigenvalue weighted by atomic mass is 35.5. The van der Waals surface area contributed by atoms with E-state index in [9.17, 15) is 19.2 Å². The van der Waals surface area contributed by atoms with Crippen molar-refractivity contribution in [1.29, 1.82) is 0 Å². The summed E-state index contributed by atoms with van der Waals surface area (Å²) in [6.45, 7) is 1.32. The summed E-state index contributed by atoms with van der Waals surface area (Å²) in [5.74, 6) is -1.95. The third-order valence-electron chi connectivity index (χ3n) is 5.38. The van der Waals surface area contributed by atoms with E-state index in [1.165, 1.54) is 4.90 Å². The van der Waals surface area contributed by atoms with Crippen molar-refractivity contribution < 1.29 is 23.9 Å². The topological polar surface area (TPSA) is 92.8 Å². The molecule has 1 saturated heterocycles. The quantitative estimate of drug-likeness (QED) is 0.579. The number of nitrogens with zero attached hydrogens (tertiary/aromatic N) is 1. The van der Waals surface area contributed by atoms with E-state index in [2.05, 4.69) is 5.32 Å². The maximum absolute atomic E-state index is 12.4. The van der Waals surface area contributed by atoms with E-state index in [1.54, 1.807) is 25.1 Å². The first-order chi connectivity index (χ1) is 13.4. The number of hydrogen-bond acceptors (Lipinski definition) is 5. The van der Waals surface area contributed by atoms with Gasteiger partial charge in [-0.3, -0.25) is 24.1 Å². The molecule has 2 atom stereocenters. The zero-order valence-corrected chi connectivity index (χ0v) is 16.5. The minimum absolute atomic E-state index is 0.00147.